The van der Waals surface area contributed by atoms with E-state index in [1.54, 1.807) is 6.07 Å². The monoisotopic (exact) mass is 359 g/mol. The third-order valence-corrected chi connectivity index (χ3v) is 4.58. The minimum atomic E-state index is -0.348. The summed E-state index contributed by atoms with van der Waals surface area (Å²) in [5.41, 5.74) is 8.60. The number of nitrogens with two attached hydrogens (primary N) is 1. The van der Waals surface area contributed by atoms with Crippen molar-refractivity contribution in [2.75, 3.05) is 0 Å². The molecule has 1 unspecified atom stereocenters. The molecule has 108 valence electrons. The molecule has 0 aliphatic heterocycles. The van der Waals surface area contributed by atoms with Crippen molar-refractivity contribution in [2.45, 2.75) is 32.9 Å². The molecule has 1 aromatic carbocycles. The highest BCUT2D eigenvalue weighted by Crippen LogP contribution is 2.29. The maximum atomic E-state index is 13.6. The van der Waals surface area contributed by atoms with Crippen molar-refractivity contribution in [3.63, 3.8) is 0 Å². The van der Waals surface area contributed by atoms with E-state index in [-0.39, 0.29) is 11.9 Å². The topological polar surface area (TPSA) is 43.8 Å². The predicted molar refractivity (Wildman–Crippen MR) is 82.4 cm³/mol. The minimum Gasteiger partial charge on any atom is -0.324 e. The van der Waals surface area contributed by atoms with Crippen LogP contribution in [0.25, 0.3) is 0 Å². The van der Waals surface area contributed by atoms with E-state index in [2.05, 4.69) is 21.0 Å². The van der Waals surface area contributed by atoms with Crippen LogP contribution >= 0.6 is 27.5 Å². The van der Waals surface area contributed by atoms with Gasteiger partial charge in [-0.15, -0.1) is 0 Å². The second-order valence-corrected chi connectivity index (χ2v) is 5.79. The van der Waals surface area contributed by atoms with Gasteiger partial charge in [-0.1, -0.05) is 23.7 Å². The van der Waals surface area contributed by atoms with E-state index in [0.717, 1.165) is 23.5 Å². The summed E-state index contributed by atoms with van der Waals surface area (Å²) in [6, 6.07) is 4.51. The number of aromatic nitrogens is 2. The molecule has 1 atom stereocenters. The molecule has 1 heterocycles. The SMILES string of the molecule is CCn1nc(C)c(Cl)c1CC(N)c1cccc(F)c1Br. The molecule has 0 fully saturated rings. The Balaban J connectivity index is 2.32. The summed E-state index contributed by atoms with van der Waals surface area (Å²) < 4.78 is 15.8. The summed E-state index contributed by atoms with van der Waals surface area (Å²) in [4.78, 5) is 0. The zero-order valence-corrected chi connectivity index (χ0v) is 13.7. The van der Waals surface area contributed by atoms with Crippen molar-refractivity contribution < 1.29 is 4.39 Å². The van der Waals surface area contributed by atoms with Crippen LogP contribution in [0.4, 0.5) is 4.39 Å². The molecule has 6 heteroatoms. The van der Waals surface area contributed by atoms with Crippen LogP contribution in [0.5, 0.6) is 0 Å². The quantitative estimate of drug-likeness (QED) is 0.895. The number of rotatable bonds is 4. The van der Waals surface area contributed by atoms with Crippen molar-refractivity contribution in [1.29, 1.82) is 0 Å². The lowest BCUT2D eigenvalue weighted by molar-refractivity contribution is 0.579. The Bertz CT molecular complexity index is 627. The van der Waals surface area contributed by atoms with E-state index in [1.807, 2.05) is 24.6 Å². The number of hydrogen-bond acceptors (Lipinski definition) is 2. The Hall–Kier alpha value is -0.910. The van der Waals surface area contributed by atoms with Crippen molar-refractivity contribution in [3.05, 3.63) is 50.5 Å². The van der Waals surface area contributed by atoms with E-state index in [1.165, 1.54) is 6.07 Å². The molecule has 2 N–H and O–H groups in total. The zero-order chi connectivity index (χ0) is 14.9. The van der Waals surface area contributed by atoms with Gasteiger partial charge < -0.3 is 5.73 Å². The van der Waals surface area contributed by atoms with Gasteiger partial charge in [-0.2, -0.15) is 5.10 Å². The van der Waals surface area contributed by atoms with Crippen molar-refractivity contribution in [2.24, 2.45) is 5.73 Å². The zero-order valence-electron chi connectivity index (χ0n) is 11.3. The maximum Gasteiger partial charge on any atom is 0.137 e. The first-order valence-corrected chi connectivity index (χ1v) is 7.54. The fourth-order valence-corrected chi connectivity index (χ4v) is 2.96. The summed E-state index contributed by atoms with van der Waals surface area (Å²) in [5.74, 6) is -0.316. The Morgan fingerprint density at radius 2 is 2.20 bits per heavy atom. The van der Waals surface area contributed by atoms with E-state index in [0.29, 0.717) is 15.9 Å². The average Bonchev–Trinajstić information content (AvgIpc) is 2.69. The molecule has 1 aromatic heterocycles. The maximum absolute atomic E-state index is 13.6. The van der Waals surface area contributed by atoms with Gasteiger partial charge in [-0.3, -0.25) is 4.68 Å². The molecule has 2 aromatic rings. The molecule has 0 aliphatic carbocycles. The second kappa shape index (κ2) is 6.24. The summed E-state index contributed by atoms with van der Waals surface area (Å²) in [6.07, 6.45) is 0.509. The van der Waals surface area contributed by atoms with E-state index in [9.17, 15) is 4.39 Å². The van der Waals surface area contributed by atoms with Crippen LogP contribution in [-0.2, 0) is 13.0 Å². The largest absolute Gasteiger partial charge is 0.324 e. The molecule has 3 nitrogen and oxygen atoms in total. The van der Waals surface area contributed by atoms with Gasteiger partial charge in [-0.25, -0.2) is 4.39 Å². The van der Waals surface area contributed by atoms with Gasteiger partial charge in [0.15, 0.2) is 0 Å². The fraction of sp³-hybridized carbons (Fsp3) is 0.357. The minimum absolute atomic E-state index is 0.316. The predicted octanol–water partition coefficient (Wildman–Crippen LogP) is 4.01. The number of nitrogens with zero attached hydrogens (tertiary/aromatic N) is 2. The van der Waals surface area contributed by atoms with E-state index < -0.39 is 0 Å². The van der Waals surface area contributed by atoms with Crippen LogP contribution in [0, 0.1) is 12.7 Å². The second-order valence-electron chi connectivity index (χ2n) is 4.62. The molecular weight excluding hydrogens is 345 g/mol. The molecule has 0 aliphatic rings. The van der Waals surface area contributed by atoms with E-state index >= 15 is 0 Å². The summed E-state index contributed by atoms with van der Waals surface area (Å²) in [7, 11) is 0. The van der Waals surface area contributed by atoms with Crippen LogP contribution in [0.15, 0.2) is 22.7 Å². The van der Waals surface area contributed by atoms with E-state index in [4.69, 9.17) is 17.3 Å². The molecule has 0 radical (unpaired) electrons. The number of halogens is 3. The molecule has 0 saturated carbocycles. The third kappa shape index (κ3) is 2.90. The number of benzene rings is 1. The summed E-state index contributed by atoms with van der Waals surface area (Å²) in [6.45, 7) is 4.58. The van der Waals surface area contributed by atoms with Gasteiger partial charge in [0.1, 0.15) is 5.82 Å². The van der Waals surface area contributed by atoms with Crippen molar-refractivity contribution in [3.8, 4) is 0 Å². The molecular formula is C14H16BrClFN3. The first kappa shape index (κ1) is 15.5. The molecule has 0 bridgehead atoms. The Labute approximate surface area is 131 Å². The first-order chi connectivity index (χ1) is 9.45. The summed E-state index contributed by atoms with van der Waals surface area (Å²) in [5, 5.41) is 4.99. The third-order valence-electron chi connectivity index (χ3n) is 3.25. The molecule has 0 saturated heterocycles. The molecule has 0 amide bonds. The van der Waals surface area contributed by atoms with Crippen LogP contribution in [0.3, 0.4) is 0 Å². The Morgan fingerprint density at radius 1 is 1.50 bits per heavy atom. The fourth-order valence-electron chi connectivity index (χ4n) is 2.19. The lowest BCUT2D eigenvalue weighted by Gasteiger charge is -2.15. The number of aryl methyl sites for hydroxylation is 2. The highest BCUT2D eigenvalue weighted by Gasteiger charge is 2.19. The standard InChI is InChI=1S/C14H16BrClFN3/c1-3-20-12(14(16)8(2)19-20)7-11(18)9-5-4-6-10(17)13(9)15/h4-6,11H,3,7,18H2,1-2H3. The van der Waals surface area contributed by atoms with Crippen molar-refractivity contribution >= 4 is 27.5 Å². The highest BCUT2D eigenvalue weighted by atomic mass is 79.9. The Morgan fingerprint density at radius 3 is 2.85 bits per heavy atom. The lowest BCUT2D eigenvalue weighted by Crippen LogP contribution is -2.17. The van der Waals surface area contributed by atoms with Gasteiger partial charge in [0.05, 0.1) is 20.9 Å². The van der Waals surface area contributed by atoms with Crippen molar-refractivity contribution in [1.82, 2.24) is 9.78 Å². The van der Waals surface area contributed by atoms with Crippen LogP contribution < -0.4 is 5.73 Å². The number of hydrogen-bond donors (Lipinski definition) is 1. The van der Waals surface area contributed by atoms with Crippen LogP contribution in [0.1, 0.15) is 29.9 Å². The average molecular weight is 361 g/mol. The highest BCUT2D eigenvalue weighted by molar-refractivity contribution is 9.10. The molecule has 2 rings (SSSR count). The normalized spacial score (nSPS) is 12.7. The van der Waals surface area contributed by atoms with Crippen LogP contribution in [0.2, 0.25) is 5.02 Å². The smallest absolute Gasteiger partial charge is 0.137 e. The summed E-state index contributed by atoms with van der Waals surface area (Å²) >= 11 is 9.51. The molecule has 20 heavy (non-hydrogen) atoms. The Kier molecular flexibility index (Phi) is 4.83. The molecule has 0 spiro atoms. The lowest BCUT2D eigenvalue weighted by atomic mass is 10.0. The van der Waals surface area contributed by atoms with Gasteiger partial charge in [-0.05, 0) is 41.4 Å². The van der Waals surface area contributed by atoms with Gasteiger partial charge in [0.2, 0.25) is 0 Å². The van der Waals surface area contributed by atoms with Gasteiger partial charge in [0.25, 0.3) is 0 Å². The van der Waals surface area contributed by atoms with Crippen LogP contribution in [-0.4, -0.2) is 9.78 Å². The first-order valence-electron chi connectivity index (χ1n) is 6.37. The van der Waals surface area contributed by atoms with Gasteiger partial charge in [0, 0.05) is 19.0 Å². The van der Waals surface area contributed by atoms with Gasteiger partial charge >= 0.3 is 0 Å².